The van der Waals surface area contributed by atoms with Gasteiger partial charge in [-0.1, -0.05) is 17.7 Å². The van der Waals surface area contributed by atoms with Gasteiger partial charge in [0.2, 0.25) is 0 Å². The van der Waals surface area contributed by atoms with E-state index >= 15 is 0 Å². The van der Waals surface area contributed by atoms with Gasteiger partial charge in [0, 0.05) is 6.07 Å². The number of nitrogen functional groups attached to an aromatic ring is 1. The normalized spacial score (nSPS) is 10.3. The molecular weight excluding hydrogens is 288 g/mol. The summed E-state index contributed by atoms with van der Waals surface area (Å²) in [7, 11) is 0. The molecule has 2 aromatic rings. The summed E-state index contributed by atoms with van der Waals surface area (Å²) < 4.78 is 30.9. The maximum atomic E-state index is 13.0. The van der Waals surface area contributed by atoms with Crippen molar-refractivity contribution in [3.8, 4) is 0 Å². The molecular formula is C14H10ClF2NO2. The number of rotatable bonds is 3. The van der Waals surface area contributed by atoms with Gasteiger partial charge in [0.05, 0.1) is 16.3 Å². The average Bonchev–Trinajstić information content (AvgIpc) is 2.38. The Bertz CT molecular complexity index is 641. The number of halogens is 3. The van der Waals surface area contributed by atoms with E-state index in [9.17, 15) is 13.6 Å². The van der Waals surface area contributed by atoms with Crippen LogP contribution in [0.1, 0.15) is 15.9 Å². The fourth-order valence-corrected chi connectivity index (χ4v) is 1.81. The van der Waals surface area contributed by atoms with Gasteiger partial charge in [0.1, 0.15) is 18.2 Å². The molecule has 3 nitrogen and oxygen atoms in total. The predicted molar refractivity (Wildman–Crippen MR) is 71.3 cm³/mol. The van der Waals surface area contributed by atoms with Gasteiger partial charge in [-0.25, -0.2) is 13.6 Å². The van der Waals surface area contributed by atoms with Crippen molar-refractivity contribution in [3.05, 3.63) is 64.2 Å². The van der Waals surface area contributed by atoms with Crippen LogP contribution in [0.3, 0.4) is 0 Å². The molecule has 104 valence electrons. The Morgan fingerprint density at radius 2 is 1.85 bits per heavy atom. The minimum atomic E-state index is -0.738. The SMILES string of the molecule is Nc1c(Cl)cccc1C(=O)OCc1cc(F)cc(F)c1. The number of carbonyl (C=O) groups excluding carboxylic acids is 1. The molecule has 0 heterocycles. The first kappa shape index (κ1) is 14.3. The highest BCUT2D eigenvalue weighted by Crippen LogP contribution is 2.23. The number of anilines is 1. The molecule has 0 aliphatic carbocycles. The maximum Gasteiger partial charge on any atom is 0.340 e. The number of ether oxygens (including phenoxy) is 1. The molecule has 0 aliphatic heterocycles. The van der Waals surface area contributed by atoms with Crippen LogP contribution in [0.15, 0.2) is 36.4 Å². The summed E-state index contributed by atoms with van der Waals surface area (Å²) in [5, 5.41) is 0.233. The number of hydrogen-bond donors (Lipinski definition) is 1. The zero-order valence-electron chi connectivity index (χ0n) is 10.2. The number of carbonyl (C=O) groups is 1. The van der Waals surface area contributed by atoms with E-state index < -0.39 is 17.6 Å². The molecule has 0 fully saturated rings. The van der Waals surface area contributed by atoms with Crippen LogP contribution in [0.4, 0.5) is 14.5 Å². The van der Waals surface area contributed by atoms with E-state index in [1.54, 1.807) is 6.07 Å². The number of para-hydroxylation sites is 1. The van der Waals surface area contributed by atoms with E-state index in [2.05, 4.69) is 0 Å². The third-order valence-electron chi connectivity index (χ3n) is 2.57. The van der Waals surface area contributed by atoms with Crippen molar-refractivity contribution >= 4 is 23.3 Å². The molecule has 0 saturated heterocycles. The van der Waals surface area contributed by atoms with Crippen LogP contribution < -0.4 is 5.73 Å². The maximum absolute atomic E-state index is 13.0. The highest BCUT2D eigenvalue weighted by atomic mass is 35.5. The van der Waals surface area contributed by atoms with E-state index in [1.165, 1.54) is 12.1 Å². The lowest BCUT2D eigenvalue weighted by molar-refractivity contribution is 0.0473. The van der Waals surface area contributed by atoms with E-state index in [4.69, 9.17) is 22.1 Å². The molecule has 2 aromatic carbocycles. The first-order valence-corrected chi connectivity index (χ1v) is 6.01. The van der Waals surface area contributed by atoms with Gasteiger partial charge in [-0.15, -0.1) is 0 Å². The zero-order valence-corrected chi connectivity index (χ0v) is 11.0. The van der Waals surface area contributed by atoms with E-state index in [0.29, 0.717) is 0 Å². The van der Waals surface area contributed by atoms with Crippen LogP contribution in [0.5, 0.6) is 0 Å². The van der Waals surface area contributed by atoms with Gasteiger partial charge in [-0.3, -0.25) is 0 Å². The standard InChI is InChI=1S/C14H10ClF2NO2/c15-12-3-1-2-11(13(12)18)14(19)20-7-8-4-9(16)6-10(17)5-8/h1-6H,7,18H2. The topological polar surface area (TPSA) is 52.3 Å². The first-order chi connectivity index (χ1) is 9.47. The van der Waals surface area contributed by atoms with Crippen molar-refractivity contribution in [1.82, 2.24) is 0 Å². The molecule has 0 saturated carbocycles. The number of esters is 1. The van der Waals surface area contributed by atoms with Crippen molar-refractivity contribution < 1.29 is 18.3 Å². The molecule has 0 bridgehead atoms. The quantitative estimate of drug-likeness (QED) is 0.696. The highest BCUT2D eigenvalue weighted by molar-refractivity contribution is 6.33. The van der Waals surface area contributed by atoms with Crippen molar-refractivity contribution in [2.75, 3.05) is 5.73 Å². The van der Waals surface area contributed by atoms with Crippen molar-refractivity contribution in [2.24, 2.45) is 0 Å². The second-order valence-electron chi connectivity index (χ2n) is 4.05. The lowest BCUT2D eigenvalue weighted by Gasteiger charge is -2.08. The van der Waals surface area contributed by atoms with Gasteiger partial charge >= 0.3 is 5.97 Å². The molecule has 0 amide bonds. The Morgan fingerprint density at radius 1 is 1.20 bits per heavy atom. The summed E-state index contributed by atoms with van der Waals surface area (Å²) in [5.74, 6) is -2.19. The molecule has 0 radical (unpaired) electrons. The van der Waals surface area contributed by atoms with E-state index in [-0.39, 0.29) is 28.4 Å². The molecule has 2 N–H and O–H groups in total. The molecule has 0 atom stereocenters. The fraction of sp³-hybridized carbons (Fsp3) is 0.0714. The third-order valence-corrected chi connectivity index (χ3v) is 2.89. The molecule has 0 aliphatic rings. The van der Waals surface area contributed by atoms with Gasteiger partial charge in [0.15, 0.2) is 0 Å². The Hall–Kier alpha value is -2.14. The monoisotopic (exact) mass is 297 g/mol. The van der Waals surface area contributed by atoms with Gasteiger partial charge < -0.3 is 10.5 Å². The lowest BCUT2D eigenvalue weighted by atomic mass is 10.2. The molecule has 6 heteroatoms. The molecule has 2 rings (SSSR count). The van der Waals surface area contributed by atoms with E-state index in [0.717, 1.165) is 18.2 Å². The largest absolute Gasteiger partial charge is 0.457 e. The molecule has 0 spiro atoms. The summed E-state index contributed by atoms with van der Waals surface area (Å²) in [4.78, 5) is 11.8. The fourth-order valence-electron chi connectivity index (χ4n) is 1.64. The van der Waals surface area contributed by atoms with Crippen LogP contribution in [0, 0.1) is 11.6 Å². The van der Waals surface area contributed by atoms with Gasteiger partial charge in [0.25, 0.3) is 0 Å². The Kier molecular flexibility index (Phi) is 4.20. The van der Waals surface area contributed by atoms with Crippen molar-refractivity contribution in [3.63, 3.8) is 0 Å². The van der Waals surface area contributed by atoms with Crippen LogP contribution in [-0.4, -0.2) is 5.97 Å². The van der Waals surface area contributed by atoms with Crippen molar-refractivity contribution in [2.45, 2.75) is 6.61 Å². The van der Waals surface area contributed by atoms with Gasteiger partial charge in [-0.05, 0) is 29.8 Å². The minimum Gasteiger partial charge on any atom is -0.457 e. The minimum absolute atomic E-state index is 0.101. The average molecular weight is 298 g/mol. The highest BCUT2D eigenvalue weighted by Gasteiger charge is 2.13. The second kappa shape index (κ2) is 5.88. The predicted octanol–water partition coefficient (Wildman–Crippen LogP) is 3.56. The lowest BCUT2D eigenvalue weighted by Crippen LogP contribution is -2.08. The summed E-state index contributed by atoms with van der Waals surface area (Å²) in [6, 6.07) is 7.44. The zero-order chi connectivity index (χ0) is 14.7. The summed E-state index contributed by atoms with van der Waals surface area (Å²) in [6.07, 6.45) is 0. The Labute approximate surface area is 118 Å². The van der Waals surface area contributed by atoms with Crippen LogP contribution in [0.2, 0.25) is 5.02 Å². The first-order valence-electron chi connectivity index (χ1n) is 5.63. The molecule has 20 heavy (non-hydrogen) atoms. The Balaban J connectivity index is 2.10. The van der Waals surface area contributed by atoms with Crippen molar-refractivity contribution in [1.29, 1.82) is 0 Å². The number of nitrogens with two attached hydrogens (primary N) is 1. The molecule has 0 unspecified atom stereocenters. The van der Waals surface area contributed by atoms with Crippen LogP contribution in [0.25, 0.3) is 0 Å². The molecule has 0 aromatic heterocycles. The van der Waals surface area contributed by atoms with Crippen LogP contribution in [-0.2, 0) is 11.3 Å². The number of benzene rings is 2. The third kappa shape index (κ3) is 3.24. The van der Waals surface area contributed by atoms with Crippen LogP contribution >= 0.6 is 11.6 Å². The van der Waals surface area contributed by atoms with E-state index in [1.807, 2.05) is 0 Å². The summed E-state index contributed by atoms with van der Waals surface area (Å²) >= 11 is 5.78. The smallest absolute Gasteiger partial charge is 0.340 e. The van der Waals surface area contributed by atoms with Gasteiger partial charge in [-0.2, -0.15) is 0 Å². The summed E-state index contributed by atoms with van der Waals surface area (Å²) in [6.45, 7) is -0.264. The second-order valence-corrected chi connectivity index (χ2v) is 4.46. The number of hydrogen-bond acceptors (Lipinski definition) is 3. The summed E-state index contributed by atoms with van der Waals surface area (Å²) in [5.41, 5.74) is 6.06. The Morgan fingerprint density at radius 3 is 2.50 bits per heavy atom.